The van der Waals surface area contributed by atoms with E-state index in [2.05, 4.69) is 41.8 Å². The van der Waals surface area contributed by atoms with E-state index in [0.29, 0.717) is 39.0 Å². The lowest BCUT2D eigenvalue weighted by Crippen LogP contribution is -2.13. The van der Waals surface area contributed by atoms with Gasteiger partial charge < -0.3 is 4.42 Å². The fraction of sp³-hybridized carbons (Fsp3) is 0.0500. The molecule has 0 aliphatic carbocycles. The fourth-order valence-corrected chi connectivity index (χ4v) is 3.54. The van der Waals surface area contributed by atoms with Crippen molar-refractivity contribution in [1.82, 2.24) is 9.97 Å². The van der Waals surface area contributed by atoms with E-state index in [1.165, 1.54) is 0 Å². The number of nitrogens with zero attached hydrogens (tertiary/aromatic N) is 2. The highest BCUT2D eigenvalue weighted by molar-refractivity contribution is 9.10. The van der Waals surface area contributed by atoms with Crippen molar-refractivity contribution in [2.45, 2.75) is 6.42 Å². The lowest BCUT2D eigenvalue weighted by molar-refractivity contribution is 0.608. The van der Waals surface area contributed by atoms with Gasteiger partial charge in [-0.2, -0.15) is 0 Å². The smallest absolute Gasteiger partial charge is 0.196 e. The topological polar surface area (TPSA) is 56.0 Å². The van der Waals surface area contributed by atoms with Crippen LogP contribution in [0.1, 0.15) is 11.3 Å². The third-order valence-electron chi connectivity index (χ3n) is 3.97. The van der Waals surface area contributed by atoms with Crippen molar-refractivity contribution in [3.8, 4) is 11.5 Å². The molecule has 1 aromatic carbocycles. The number of pyridine rings is 2. The van der Waals surface area contributed by atoms with E-state index < -0.39 is 0 Å². The van der Waals surface area contributed by atoms with Crippen LogP contribution in [0.4, 0.5) is 0 Å². The molecule has 0 aliphatic heterocycles. The SMILES string of the molecule is O=c1c(Cc2cccc(Br)n2)c(-c2cccc(Br)n2)oc2ccccc12. The number of para-hydroxylation sites is 1. The van der Waals surface area contributed by atoms with Crippen LogP contribution in [0, 0.1) is 0 Å². The first kappa shape index (κ1) is 17.1. The van der Waals surface area contributed by atoms with Crippen molar-refractivity contribution < 1.29 is 4.42 Å². The minimum atomic E-state index is -0.0644. The summed E-state index contributed by atoms with van der Waals surface area (Å²) in [7, 11) is 0. The van der Waals surface area contributed by atoms with E-state index >= 15 is 0 Å². The third-order valence-corrected chi connectivity index (χ3v) is 4.85. The summed E-state index contributed by atoms with van der Waals surface area (Å²) < 4.78 is 7.50. The number of hydrogen-bond donors (Lipinski definition) is 0. The number of hydrogen-bond acceptors (Lipinski definition) is 4. The Morgan fingerprint density at radius 3 is 2.35 bits per heavy atom. The molecule has 0 saturated heterocycles. The molecule has 0 radical (unpaired) electrons. The Morgan fingerprint density at radius 2 is 1.58 bits per heavy atom. The zero-order valence-electron chi connectivity index (χ0n) is 13.4. The van der Waals surface area contributed by atoms with Crippen LogP contribution < -0.4 is 5.43 Å². The highest BCUT2D eigenvalue weighted by Crippen LogP contribution is 2.27. The summed E-state index contributed by atoms with van der Waals surface area (Å²) in [5.74, 6) is 0.469. The van der Waals surface area contributed by atoms with Gasteiger partial charge in [-0.25, -0.2) is 9.97 Å². The molecule has 0 N–H and O–H groups in total. The van der Waals surface area contributed by atoms with E-state index in [0.717, 1.165) is 10.3 Å². The van der Waals surface area contributed by atoms with E-state index in [-0.39, 0.29) is 5.43 Å². The Morgan fingerprint density at radius 1 is 0.846 bits per heavy atom. The molecule has 0 saturated carbocycles. The van der Waals surface area contributed by atoms with Crippen LogP contribution in [0.5, 0.6) is 0 Å². The van der Waals surface area contributed by atoms with Gasteiger partial charge in [-0.1, -0.05) is 24.3 Å². The van der Waals surface area contributed by atoms with Crippen LogP contribution in [0.3, 0.4) is 0 Å². The highest BCUT2D eigenvalue weighted by atomic mass is 79.9. The maximum Gasteiger partial charge on any atom is 0.196 e. The molecule has 0 amide bonds. The largest absolute Gasteiger partial charge is 0.454 e. The molecule has 128 valence electrons. The summed E-state index contributed by atoms with van der Waals surface area (Å²) in [4.78, 5) is 22.1. The molecule has 0 spiro atoms. The second-order valence-corrected chi connectivity index (χ2v) is 7.33. The molecular weight excluding hydrogens is 460 g/mol. The van der Waals surface area contributed by atoms with Crippen molar-refractivity contribution >= 4 is 42.8 Å². The number of aromatic nitrogens is 2. The predicted molar refractivity (Wildman–Crippen MR) is 108 cm³/mol. The molecule has 4 aromatic rings. The molecule has 26 heavy (non-hydrogen) atoms. The summed E-state index contributed by atoms with van der Waals surface area (Å²) in [6.45, 7) is 0. The Kier molecular flexibility index (Phi) is 4.70. The van der Waals surface area contributed by atoms with Gasteiger partial charge >= 0.3 is 0 Å². The molecule has 0 fully saturated rings. The molecule has 3 heterocycles. The van der Waals surface area contributed by atoms with Gasteiger partial charge in [0.25, 0.3) is 0 Å². The van der Waals surface area contributed by atoms with Crippen molar-refractivity contribution in [3.63, 3.8) is 0 Å². The number of rotatable bonds is 3. The summed E-state index contributed by atoms with van der Waals surface area (Å²) in [5.41, 5.74) is 2.40. The second-order valence-electron chi connectivity index (χ2n) is 5.71. The van der Waals surface area contributed by atoms with Gasteiger partial charge in [-0.05, 0) is 68.3 Å². The van der Waals surface area contributed by atoms with Gasteiger partial charge in [0.2, 0.25) is 0 Å². The minimum absolute atomic E-state index is 0.0644. The van der Waals surface area contributed by atoms with Gasteiger partial charge in [-0.15, -0.1) is 0 Å². The molecule has 0 aliphatic rings. The first-order valence-corrected chi connectivity index (χ1v) is 9.49. The Bertz CT molecular complexity index is 1170. The lowest BCUT2D eigenvalue weighted by atomic mass is 10.0. The molecule has 4 rings (SSSR count). The summed E-state index contributed by atoms with van der Waals surface area (Å²) >= 11 is 6.75. The van der Waals surface area contributed by atoms with Gasteiger partial charge in [-0.3, -0.25) is 4.79 Å². The predicted octanol–water partition coefficient (Wildman–Crippen LogP) is 5.37. The minimum Gasteiger partial charge on any atom is -0.454 e. The third kappa shape index (κ3) is 3.34. The van der Waals surface area contributed by atoms with Gasteiger partial charge in [0.05, 0.1) is 10.9 Å². The van der Waals surface area contributed by atoms with Gasteiger partial charge in [0, 0.05) is 12.1 Å². The maximum absolute atomic E-state index is 13.2. The first-order chi connectivity index (χ1) is 12.6. The number of fused-ring (bicyclic) bond motifs is 1. The zero-order chi connectivity index (χ0) is 18.1. The van der Waals surface area contributed by atoms with Crippen LogP contribution in [0.15, 0.2) is 79.1 Å². The van der Waals surface area contributed by atoms with E-state index in [9.17, 15) is 4.79 Å². The fourth-order valence-electron chi connectivity index (χ4n) is 2.81. The average molecular weight is 472 g/mol. The van der Waals surface area contributed by atoms with E-state index in [1.54, 1.807) is 12.1 Å². The van der Waals surface area contributed by atoms with Gasteiger partial charge in [0.1, 0.15) is 20.5 Å². The Labute approximate surface area is 166 Å². The molecular formula is C20H12Br2N2O2. The molecule has 0 bridgehead atoms. The van der Waals surface area contributed by atoms with Crippen LogP contribution in [0.2, 0.25) is 0 Å². The maximum atomic E-state index is 13.2. The zero-order valence-corrected chi connectivity index (χ0v) is 16.6. The summed E-state index contributed by atoms with van der Waals surface area (Å²) in [6, 6.07) is 18.4. The van der Waals surface area contributed by atoms with Crippen molar-refractivity contribution in [2.24, 2.45) is 0 Å². The van der Waals surface area contributed by atoms with Crippen molar-refractivity contribution in [1.29, 1.82) is 0 Å². The first-order valence-electron chi connectivity index (χ1n) is 7.91. The summed E-state index contributed by atoms with van der Waals surface area (Å²) in [5, 5.41) is 0.552. The molecule has 3 aromatic heterocycles. The Hall–Kier alpha value is -2.31. The van der Waals surface area contributed by atoms with Crippen LogP contribution in [-0.4, -0.2) is 9.97 Å². The monoisotopic (exact) mass is 470 g/mol. The van der Waals surface area contributed by atoms with E-state index in [4.69, 9.17) is 4.42 Å². The average Bonchev–Trinajstić information content (AvgIpc) is 2.64. The number of benzene rings is 1. The van der Waals surface area contributed by atoms with Crippen LogP contribution >= 0.6 is 31.9 Å². The molecule has 6 heteroatoms. The van der Waals surface area contributed by atoms with Crippen LogP contribution in [0.25, 0.3) is 22.4 Å². The van der Waals surface area contributed by atoms with Crippen molar-refractivity contribution in [3.05, 3.63) is 91.4 Å². The van der Waals surface area contributed by atoms with E-state index in [1.807, 2.05) is 48.5 Å². The van der Waals surface area contributed by atoms with Crippen LogP contribution in [-0.2, 0) is 6.42 Å². The standard InChI is InChI=1S/C20H12Br2N2O2/c21-17-9-3-5-12(23-17)11-14-19(25)13-6-1-2-8-16(13)26-20(14)15-7-4-10-18(22)24-15/h1-10H,11H2. The second kappa shape index (κ2) is 7.13. The molecule has 0 unspecified atom stereocenters. The highest BCUT2D eigenvalue weighted by Gasteiger charge is 2.18. The van der Waals surface area contributed by atoms with Gasteiger partial charge in [0.15, 0.2) is 11.2 Å². The molecule has 0 atom stereocenters. The Balaban J connectivity index is 1.98. The quantitative estimate of drug-likeness (QED) is 0.377. The number of halogens is 2. The normalized spacial score (nSPS) is 11.0. The molecule has 4 nitrogen and oxygen atoms in total. The summed E-state index contributed by atoms with van der Waals surface area (Å²) in [6.07, 6.45) is 0.357. The van der Waals surface area contributed by atoms with Crippen molar-refractivity contribution in [2.75, 3.05) is 0 Å². The lowest BCUT2D eigenvalue weighted by Gasteiger charge is -2.10.